The van der Waals surface area contributed by atoms with Gasteiger partial charge in [-0.05, 0) is 49.8 Å². The van der Waals surface area contributed by atoms with Crippen molar-refractivity contribution in [3.8, 4) is 0 Å². The highest BCUT2D eigenvalue weighted by Gasteiger charge is 2.37. The molecule has 1 aromatic rings. The standard InChI is InChI=1S/C22H33N3O2/c1-3-17(2)20-15-23-21(26)22(27)25(20)16-19-10-13-24(14-11-19)12-9-18-7-5-4-6-8-18/h4-8,17,19-20H,3,9-16H2,1-2H3,(H,23,26)/t17-,20+/m0/s1. The minimum atomic E-state index is -0.435. The van der Waals surface area contributed by atoms with Crippen molar-refractivity contribution in [1.82, 2.24) is 15.1 Å². The summed E-state index contributed by atoms with van der Waals surface area (Å²) in [5.74, 6) is 0.132. The fraction of sp³-hybridized carbons (Fsp3) is 0.636. The maximum Gasteiger partial charge on any atom is 0.312 e. The molecule has 2 amide bonds. The van der Waals surface area contributed by atoms with E-state index in [2.05, 4.69) is 54.4 Å². The Labute approximate surface area is 163 Å². The van der Waals surface area contributed by atoms with E-state index in [4.69, 9.17) is 0 Å². The van der Waals surface area contributed by atoms with Crippen molar-refractivity contribution in [3.05, 3.63) is 35.9 Å². The quantitative estimate of drug-likeness (QED) is 0.749. The highest BCUT2D eigenvalue weighted by atomic mass is 16.2. The van der Waals surface area contributed by atoms with E-state index in [9.17, 15) is 9.59 Å². The van der Waals surface area contributed by atoms with E-state index in [1.54, 1.807) is 0 Å². The smallest absolute Gasteiger partial charge is 0.312 e. The normalized spacial score (nSPS) is 23.3. The predicted molar refractivity (Wildman–Crippen MR) is 107 cm³/mol. The van der Waals surface area contributed by atoms with Crippen molar-refractivity contribution < 1.29 is 9.59 Å². The topological polar surface area (TPSA) is 52.7 Å². The molecule has 1 aromatic carbocycles. The molecule has 0 radical (unpaired) electrons. The SMILES string of the molecule is CC[C@H](C)[C@H]1CNC(=O)C(=O)N1CC1CCN(CCc2ccccc2)CC1. The Morgan fingerprint density at radius 2 is 1.85 bits per heavy atom. The van der Waals surface area contributed by atoms with Gasteiger partial charge in [0.2, 0.25) is 0 Å². The van der Waals surface area contributed by atoms with Gasteiger partial charge in [0.15, 0.2) is 0 Å². The van der Waals surface area contributed by atoms with Crippen LogP contribution < -0.4 is 5.32 Å². The number of hydrogen-bond donors (Lipinski definition) is 1. The van der Waals surface area contributed by atoms with Gasteiger partial charge in [-0.1, -0.05) is 50.6 Å². The molecule has 0 bridgehead atoms. The Hall–Kier alpha value is -1.88. The van der Waals surface area contributed by atoms with Crippen LogP contribution in [0.5, 0.6) is 0 Å². The van der Waals surface area contributed by atoms with Crippen LogP contribution in [0.2, 0.25) is 0 Å². The molecule has 2 heterocycles. The van der Waals surface area contributed by atoms with Gasteiger partial charge < -0.3 is 15.1 Å². The molecule has 0 saturated carbocycles. The van der Waals surface area contributed by atoms with E-state index >= 15 is 0 Å². The molecule has 148 valence electrons. The van der Waals surface area contributed by atoms with Crippen molar-refractivity contribution >= 4 is 11.8 Å². The van der Waals surface area contributed by atoms with Gasteiger partial charge >= 0.3 is 11.8 Å². The third-order valence-electron chi connectivity index (χ3n) is 6.35. The molecule has 0 aliphatic carbocycles. The molecule has 0 spiro atoms. The van der Waals surface area contributed by atoms with Crippen LogP contribution in [-0.2, 0) is 16.0 Å². The first-order chi connectivity index (χ1) is 13.1. The van der Waals surface area contributed by atoms with Gasteiger partial charge in [0.25, 0.3) is 0 Å². The Kier molecular flexibility index (Phi) is 6.89. The molecule has 2 saturated heterocycles. The second-order valence-corrected chi connectivity index (χ2v) is 8.14. The number of carbonyl (C=O) groups excluding carboxylic acids is 2. The van der Waals surface area contributed by atoms with Gasteiger partial charge in [0, 0.05) is 19.6 Å². The lowest BCUT2D eigenvalue weighted by molar-refractivity contribution is -0.152. The summed E-state index contributed by atoms with van der Waals surface area (Å²) in [5.41, 5.74) is 1.39. The molecule has 27 heavy (non-hydrogen) atoms. The van der Waals surface area contributed by atoms with Crippen LogP contribution in [0.15, 0.2) is 30.3 Å². The van der Waals surface area contributed by atoms with Crippen LogP contribution in [-0.4, -0.2) is 60.4 Å². The molecule has 0 aromatic heterocycles. The minimum Gasteiger partial charge on any atom is -0.346 e. The maximum absolute atomic E-state index is 12.5. The molecule has 2 atom stereocenters. The van der Waals surface area contributed by atoms with Gasteiger partial charge in [0.1, 0.15) is 0 Å². The lowest BCUT2D eigenvalue weighted by Crippen LogP contribution is -2.61. The zero-order valence-corrected chi connectivity index (χ0v) is 16.7. The third kappa shape index (κ3) is 5.10. The van der Waals surface area contributed by atoms with Crippen LogP contribution in [0.4, 0.5) is 0 Å². The third-order valence-corrected chi connectivity index (χ3v) is 6.35. The molecule has 2 aliphatic heterocycles. The highest BCUT2D eigenvalue weighted by molar-refractivity contribution is 6.35. The fourth-order valence-electron chi connectivity index (χ4n) is 4.27. The summed E-state index contributed by atoms with van der Waals surface area (Å²) < 4.78 is 0. The molecule has 1 N–H and O–H groups in total. The first-order valence-corrected chi connectivity index (χ1v) is 10.4. The number of nitrogens with one attached hydrogen (secondary N) is 1. The number of likely N-dealkylation sites (tertiary alicyclic amines) is 1. The van der Waals surface area contributed by atoms with Crippen molar-refractivity contribution in [2.75, 3.05) is 32.7 Å². The molecule has 3 rings (SSSR count). The summed E-state index contributed by atoms with van der Waals surface area (Å²) in [6, 6.07) is 10.8. The number of carbonyl (C=O) groups is 2. The minimum absolute atomic E-state index is 0.135. The van der Waals surface area contributed by atoms with Gasteiger partial charge in [-0.25, -0.2) is 0 Å². The number of benzene rings is 1. The van der Waals surface area contributed by atoms with Crippen LogP contribution in [0, 0.1) is 11.8 Å². The summed E-state index contributed by atoms with van der Waals surface area (Å²) in [6.07, 6.45) is 4.31. The van der Waals surface area contributed by atoms with Crippen molar-refractivity contribution in [3.63, 3.8) is 0 Å². The maximum atomic E-state index is 12.5. The van der Waals surface area contributed by atoms with Gasteiger partial charge in [0.05, 0.1) is 6.04 Å². The van der Waals surface area contributed by atoms with Gasteiger partial charge in [-0.3, -0.25) is 9.59 Å². The van der Waals surface area contributed by atoms with E-state index < -0.39 is 5.91 Å². The van der Waals surface area contributed by atoms with Crippen molar-refractivity contribution in [2.24, 2.45) is 11.8 Å². The molecule has 2 fully saturated rings. The van der Waals surface area contributed by atoms with Gasteiger partial charge in [-0.2, -0.15) is 0 Å². The lowest BCUT2D eigenvalue weighted by Gasteiger charge is -2.42. The van der Waals surface area contributed by atoms with Crippen LogP contribution in [0.25, 0.3) is 0 Å². The summed E-state index contributed by atoms with van der Waals surface area (Å²) in [7, 11) is 0. The Morgan fingerprint density at radius 3 is 2.52 bits per heavy atom. The lowest BCUT2D eigenvalue weighted by atomic mass is 9.91. The molecular weight excluding hydrogens is 338 g/mol. The zero-order valence-electron chi connectivity index (χ0n) is 16.7. The predicted octanol–water partition coefficient (Wildman–Crippen LogP) is 2.31. The average Bonchev–Trinajstić information content (AvgIpc) is 2.71. The van der Waals surface area contributed by atoms with E-state index in [1.165, 1.54) is 5.56 Å². The number of hydrogen-bond acceptors (Lipinski definition) is 3. The van der Waals surface area contributed by atoms with E-state index in [0.29, 0.717) is 18.4 Å². The second-order valence-electron chi connectivity index (χ2n) is 8.14. The Morgan fingerprint density at radius 1 is 1.15 bits per heavy atom. The Balaban J connectivity index is 1.49. The molecule has 5 nitrogen and oxygen atoms in total. The molecule has 5 heteroatoms. The van der Waals surface area contributed by atoms with E-state index in [-0.39, 0.29) is 11.9 Å². The van der Waals surface area contributed by atoms with Crippen molar-refractivity contribution in [1.29, 1.82) is 0 Å². The largest absolute Gasteiger partial charge is 0.346 e. The van der Waals surface area contributed by atoms with Crippen LogP contribution >= 0.6 is 0 Å². The first-order valence-electron chi connectivity index (χ1n) is 10.4. The molecule has 2 aliphatic rings. The number of nitrogens with zero attached hydrogens (tertiary/aromatic N) is 2. The van der Waals surface area contributed by atoms with Crippen molar-refractivity contribution in [2.45, 2.75) is 45.6 Å². The fourth-order valence-corrected chi connectivity index (χ4v) is 4.27. The van der Waals surface area contributed by atoms with Gasteiger partial charge in [-0.15, -0.1) is 0 Å². The van der Waals surface area contributed by atoms with E-state index in [1.807, 2.05) is 4.90 Å². The Bertz CT molecular complexity index is 626. The summed E-state index contributed by atoms with van der Waals surface area (Å²) in [5, 5.41) is 2.77. The zero-order chi connectivity index (χ0) is 19.2. The highest BCUT2D eigenvalue weighted by Crippen LogP contribution is 2.24. The van der Waals surface area contributed by atoms with Crippen LogP contribution in [0.3, 0.4) is 0 Å². The average molecular weight is 372 g/mol. The molecule has 0 unspecified atom stereocenters. The number of piperazine rings is 1. The monoisotopic (exact) mass is 371 g/mol. The first kappa shape index (κ1) is 19.9. The number of amides is 2. The number of piperidine rings is 1. The van der Waals surface area contributed by atoms with E-state index in [0.717, 1.165) is 51.9 Å². The summed E-state index contributed by atoms with van der Waals surface area (Å²) in [6.45, 7) is 8.91. The number of rotatable bonds is 7. The summed E-state index contributed by atoms with van der Waals surface area (Å²) in [4.78, 5) is 28.7. The summed E-state index contributed by atoms with van der Waals surface area (Å²) >= 11 is 0. The van der Waals surface area contributed by atoms with Crippen LogP contribution in [0.1, 0.15) is 38.7 Å². The molecular formula is C22H33N3O2. The second kappa shape index (κ2) is 9.36.